The summed E-state index contributed by atoms with van der Waals surface area (Å²) in [5.41, 5.74) is 5.78. The van der Waals surface area contributed by atoms with E-state index in [1.165, 1.54) is 20.9 Å². The second-order valence-electron chi connectivity index (χ2n) is 14.6. The number of imidazole rings is 1. The second-order valence-corrected chi connectivity index (χ2v) is 18.3. The number of rotatable bonds is 5. The van der Waals surface area contributed by atoms with Gasteiger partial charge in [-0.3, -0.25) is 9.30 Å². The van der Waals surface area contributed by atoms with Crippen LogP contribution in [0.2, 0.25) is 0 Å². The predicted octanol–water partition coefficient (Wildman–Crippen LogP) is 9.89. The van der Waals surface area contributed by atoms with E-state index >= 15 is 0 Å². The van der Waals surface area contributed by atoms with Gasteiger partial charge in [-0.25, -0.2) is 9.97 Å². The molecule has 0 fully saturated rings. The summed E-state index contributed by atoms with van der Waals surface area (Å²) in [4.78, 5) is 12.5. The summed E-state index contributed by atoms with van der Waals surface area (Å²) in [5.74, 6) is 2.31. The smallest absolute Gasteiger partial charge is 0.191 e. The number of aromatic nitrogens is 3. The number of ether oxygens (including phenoxy) is 1. The van der Waals surface area contributed by atoms with Crippen LogP contribution in [0.15, 0.2) is 199 Å². The lowest BCUT2D eigenvalue weighted by Crippen LogP contribution is -2.77. The molecule has 0 radical (unpaired) electrons. The van der Waals surface area contributed by atoms with E-state index in [0.29, 0.717) is 0 Å². The van der Waals surface area contributed by atoms with Crippen molar-refractivity contribution in [2.45, 2.75) is 0 Å². The molecule has 57 heavy (non-hydrogen) atoms. The minimum atomic E-state index is -3.05. The average molecular weight is 749 g/mol. The fourth-order valence-corrected chi connectivity index (χ4v) is 14.4. The monoisotopic (exact) mass is 748 g/mol. The van der Waals surface area contributed by atoms with Crippen molar-refractivity contribution in [3.63, 3.8) is 0 Å². The zero-order valence-corrected chi connectivity index (χ0v) is 31.6. The molecule has 0 aliphatic carbocycles. The van der Waals surface area contributed by atoms with Gasteiger partial charge in [-0.1, -0.05) is 121 Å². The molecule has 6 nitrogen and oxygen atoms in total. The van der Waals surface area contributed by atoms with Crippen LogP contribution in [0.4, 0.5) is 17.2 Å². The molecule has 7 heteroatoms. The lowest BCUT2D eigenvalue weighted by Gasteiger charge is -2.44. The van der Waals surface area contributed by atoms with Crippen LogP contribution in [-0.4, -0.2) is 22.4 Å². The first-order chi connectivity index (χ1) is 28.3. The summed E-state index contributed by atoms with van der Waals surface area (Å²) in [6.45, 7) is 0. The van der Waals surface area contributed by atoms with E-state index in [9.17, 15) is 0 Å². The topological polar surface area (TPSA) is 55.8 Å². The Bertz CT molecular complexity index is 3320. The summed E-state index contributed by atoms with van der Waals surface area (Å²) in [6.07, 6.45) is 5.86. The number of para-hydroxylation sites is 3. The number of benzene rings is 7. The van der Waals surface area contributed by atoms with Crippen LogP contribution in [0.1, 0.15) is 0 Å². The molecular weight excluding hydrogens is 717 g/mol. The molecule has 0 bridgehead atoms. The predicted molar refractivity (Wildman–Crippen MR) is 234 cm³/mol. The van der Waals surface area contributed by atoms with Crippen LogP contribution in [0.5, 0.6) is 11.5 Å². The minimum Gasteiger partial charge on any atom is -0.457 e. The van der Waals surface area contributed by atoms with Gasteiger partial charge < -0.3 is 9.15 Å². The van der Waals surface area contributed by atoms with Crippen molar-refractivity contribution in [2.75, 3.05) is 4.90 Å². The standard InChI is InChI=1S/C50H32N4O2Si/c1-3-16-36(17-4-1)57(37-18-5-2-6-19-37)46-25-12-10-23-44(46)54(50-48(57)47-42(32-52-50)40-21-8-11-24-45(40)56-47)33-14-13-15-34(30-33)55-35-26-27-38-39-20-7-9-22-43(39)53-29-28-51-49(53)41(38)31-35/h1-32H. The van der Waals surface area contributed by atoms with Crippen molar-refractivity contribution in [1.82, 2.24) is 14.4 Å². The Hall–Kier alpha value is -7.48. The van der Waals surface area contributed by atoms with Crippen molar-refractivity contribution in [3.8, 4) is 11.5 Å². The van der Waals surface area contributed by atoms with Crippen LogP contribution < -0.4 is 30.4 Å². The Morgan fingerprint density at radius 1 is 0.544 bits per heavy atom. The highest BCUT2D eigenvalue weighted by molar-refractivity contribution is 7.22. The van der Waals surface area contributed by atoms with Crippen LogP contribution >= 0.6 is 0 Å². The van der Waals surface area contributed by atoms with Crippen molar-refractivity contribution < 1.29 is 9.15 Å². The van der Waals surface area contributed by atoms with Crippen molar-refractivity contribution in [1.29, 1.82) is 0 Å². The summed E-state index contributed by atoms with van der Waals surface area (Å²) in [5, 5.41) is 10.4. The fraction of sp³-hybridized carbons (Fsp3) is 0. The van der Waals surface area contributed by atoms with Crippen LogP contribution in [0.25, 0.3) is 49.3 Å². The molecule has 0 unspecified atom stereocenters. The maximum Gasteiger partial charge on any atom is 0.191 e. The van der Waals surface area contributed by atoms with Gasteiger partial charge in [-0.2, -0.15) is 0 Å². The normalized spacial score (nSPS) is 13.4. The van der Waals surface area contributed by atoms with E-state index in [1.807, 2.05) is 36.8 Å². The van der Waals surface area contributed by atoms with E-state index in [0.717, 1.165) is 77.8 Å². The number of pyridine rings is 2. The Morgan fingerprint density at radius 2 is 1.26 bits per heavy atom. The first-order valence-corrected chi connectivity index (χ1v) is 21.1. The van der Waals surface area contributed by atoms with Crippen LogP contribution in [0.3, 0.4) is 0 Å². The zero-order valence-electron chi connectivity index (χ0n) is 30.6. The van der Waals surface area contributed by atoms with Crippen molar-refractivity contribution in [3.05, 3.63) is 195 Å². The highest BCUT2D eigenvalue weighted by atomic mass is 28.3. The SMILES string of the molecule is c1ccc([Si]2(c3ccccc3)c3ccccc3N(c3cccc(Oc4ccc5c6ccccc6n6ccnc6c5c4)c3)c3ncc4c(oc5ccccc54)c32)cc1. The number of nitrogens with zero attached hydrogens (tertiary/aromatic N) is 4. The lowest BCUT2D eigenvalue weighted by atomic mass is 10.1. The molecule has 12 rings (SSSR count). The molecule has 7 aromatic carbocycles. The largest absolute Gasteiger partial charge is 0.457 e. The number of hydrogen-bond donors (Lipinski definition) is 0. The Morgan fingerprint density at radius 3 is 2.11 bits per heavy atom. The lowest BCUT2D eigenvalue weighted by molar-refractivity contribution is 0.483. The number of furan rings is 1. The second kappa shape index (κ2) is 12.3. The van der Waals surface area contributed by atoms with E-state index in [-0.39, 0.29) is 0 Å². The maximum absolute atomic E-state index is 6.97. The fourth-order valence-electron chi connectivity index (χ4n) is 9.25. The Kier molecular flexibility index (Phi) is 6.85. The van der Waals surface area contributed by atoms with Gasteiger partial charge in [0.2, 0.25) is 0 Å². The number of anilines is 3. The molecule has 1 aliphatic heterocycles. The molecule has 1 aliphatic rings. The number of fused-ring (bicyclic) bond motifs is 12. The first-order valence-electron chi connectivity index (χ1n) is 19.1. The van der Waals surface area contributed by atoms with Gasteiger partial charge in [0.15, 0.2) is 8.07 Å². The highest BCUT2D eigenvalue weighted by Gasteiger charge is 2.51. The summed E-state index contributed by atoms with van der Waals surface area (Å²) in [6, 6.07) is 62.1. The molecule has 11 aromatic rings. The quantitative estimate of drug-likeness (QED) is 0.130. The Labute approximate surface area is 328 Å². The van der Waals surface area contributed by atoms with E-state index < -0.39 is 8.07 Å². The van der Waals surface area contributed by atoms with Crippen LogP contribution in [-0.2, 0) is 0 Å². The van der Waals surface area contributed by atoms with Crippen molar-refractivity contribution >= 4 is 95.3 Å². The van der Waals surface area contributed by atoms with E-state index in [1.54, 1.807) is 0 Å². The van der Waals surface area contributed by atoms with E-state index in [4.69, 9.17) is 19.1 Å². The van der Waals surface area contributed by atoms with Crippen molar-refractivity contribution in [2.24, 2.45) is 0 Å². The molecule has 4 aromatic heterocycles. The Balaban J connectivity index is 1.08. The third-order valence-electron chi connectivity index (χ3n) is 11.6. The third kappa shape index (κ3) is 4.57. The average Bonchev–Trinajstić information content (AvgIpc) is 3.93. The van der Waals surface area contributed by atoms with Gasteiger partial charge in [0, 0.05) is 57.1 Å². The van der Waals surface area contributed by atoms with Gasteiger partial charge in [-0.15, -0.1) is 0 Å². The highest BCUT2D eigenvalue weighted by Crippen LogP contribution is 2.42. The zero-order chi connectivity index (χ0) is 37.5. The van der Waals surface area contributed by atoms with Gasteiger partial charge in [0.05, 0.1) is 11.2 Å². The third-order valence-corrected chi connectivity index (χ3v) is 16.4. The van der Waals surface area contributed by atoms with Gasteiger partial charge >= 0.3 is 0 Å². The molecule has 0 amide bonds. The molecule has 0 N–H and O–H groups in total. The van der Waals surface area contributed by atoms with E-state index in [2.05, 4.69) is 167 Å². The molecule has 0 saturated heterocycles. The molecule has 5 heterocycles. The van der Waals surface area contributed by atoms with Gasteiger partial charge in [-0.05, 0) is 69.5 Å². The molecular formula is C50H32N4O2Si. The van der Waals surface area contributed by atoms with Crippen LogP contribution in [0, 0.1) is 0 Å². The maximum atomic E-state index is 6.97. The van der Waals surface area contributed by atoms with Gasteiger partial charge in [0.25, 0.3) is 0 Å². The molecule has 0 saturated carbocycles. The first kappa shape index (κ1) is 31.8. The summed E-state index contributed by atoms with van der Waals surface area (Å²) < 4.78 is 15.8. The summed E-state index contributed by atoms with van der Waals surface area (Å²) >= 11 is 0. The van der Waals surface area contributed by atoms with Gasteiger partial charge in [0.1, 0.15) is 34.1 Å². The minimum absolute atomic E-state index is 0.719. The molecule has 0 spiro atoms. The molecule has 0 atom stereocenters. The number of hydrogen-bond acceptors (Lipinski definition) is 5. The summed E-state index contributed by atoms with van der Waals surface area (Å²) in [7, 11) is -3.05. The molecule has 268 valence electrons.